The van der Waals surface area contributed by atoms with Crippen LogP contribution in [0.2, 0.25) is 0 Å². The highest BCUT2D eigenvalue weighted by Gasteiger charge is 2.27. The van der Waals surface area contributed by atoms with Gasteiger partial charge in [-0.3, -0.25) is 4.79 Å². The molecule has 0 saturated carbocycles. The van der Waals surface area contributed by atoms with Crippen molar-refractivity contribution in [1.29, 1.82) is 0 Å². The number of rotatable bonds is 4. The first-order valence-corrected chi connectivity index (χ1v) is 7.33. The van der Waals surface area contributed by atoms with Gasteiger partial charge >= 0.3 is 5.82 Å². The Bertz CT molecular complexity index is 869. The number of nitro groups is 1. The van der Waals surface area contributed by atoms with Crippen LogP contribution in [0.25, 0.3) is 5.65 Å². The van der Waals surface area contributed by atoms with Gasteiger partial charge in [0.05, 0.1) is 12.2 Å². The van der Waals surface area contributed by atoms with Crippen LogP contribution < -0.4 is 0 Å². The number of carbonyl (C=O) groups is 1. The minimum atomic E-state index is -0.643. The van der Waals surface area contributed by atoms with Crippen molar-refractivity contribution >= 4 is 33.3 Å². The van der Waals surface area contributed by atoms with Crippen LogP contribution >= 0.6 is 15.9 Å². The van der Waals surface area contributed by atoms with E-state index in [9.17, 15) is 14.9 Å². The van der Waals surface area contributed by atoms with Crippen LogP contribution in [-0.2, 0) is 6.54 Å². The number of aromatic amines is 1. The molecule has 3 aromatic heterocycles. The Morgan fingerprint density at radius 2 is 2.30 bits per heavy atom. The van der Waals surface area contributed by atoms with Crippen molar-refractivity contribution in [3.8, 4) is 0 Å². The molecule has 3 rings (SSSR count). The number of imidazole rings is 1. The second-order valence-corrected chi connectivity index (χ2v) is 5.64. The molecule has 1 N–H and O–H groups in total. The van der Waals surface area contributed by atoms with Crippen LogP contribution in [0, 0.1) is 10.1 Å². The average Bonchev–Trinajstić information content (AvgIpc) is 3.09. The average molecular weight is 379 g/mol. The molecule has 0 aliphatic carbocycles. The Labute approximate surface area is 138 Å². The third-order valence-corrected chi connectivity index (χ3v) is 3.99. The largest absolute Gasteiger partial charge is 0.358 e. The fourth-order valence-electron chi connectivity index (χ4n) is 2.14. The summed E-state index contributed by atoms with van der Waals surface area (Å²) >= 11 is 3.03. The van der Waals surface area contributed by atoms with E-state index in [4.69, 9.17) is 0 Å². The normalized spacial score (nSPS) is 10.9. The summed E-state index contributed by atoms with van der Waals surface area (Å²) in [4.78, 5) is 28.3. The molecule has 0 fully saturated rings. The number of carbonyl (C=O) groups excluding carboxylic acids is 1. The van der Waals surface area contributed by atoms with Crippen molar-refractivity contribution < 1.29 is 9.72 Å². The van der Waals surface area contributed by atoms with Gasteiger partial charge in [0.25, 0.3) is 5.91 Å². The summed E-state index contributed by atoms with van der Waals surface area (Å²) in [6.07, 6.45) is 3.68. The molecule has 10 heteroatoms. The summed E-state index contributed by atoms with van der Waals surface area (Å²) in [6, 6.07) is 5.62. The number of nitrogens with zero attached hydrogens (tertiary/aromatic N) is 5. The molecule has 0 unspecified atom stereocenters. The Morgan fingerprint density at radius 3 is 2.96 bits per heavy atom. The number of H-pyrrole nitrogens is 1. The van der Waals surface area contributed by atoms with E-state index in [1.54, 1.807) is 7.05 Å². The summed E-state index contributed by atoms with van der Waals surface area (Å²) in [6.45, 7) is 0.258. The van der Waals surface area contributed by atoms with E-state index in [1.807, 2.05) is 35.0 Å². The first kappa shape index (κ1) is 15.2. The molecule has 23 heavy (non-hydrogen) atoms. The van der Waals surface area contributed by atoms with Gasteiger partial charge in [0.2, 0.25) is 0 Å². The number of pyridine rings is 1. The summed E-state index contributed by atoms with van der Waals surface area (Å²) in [7, 11) is 1.58. The first-order valence-electron chi connectivity index (χ1n) is 6.53. The van der Waals surface area contributed by atoms with Crippen LogP contribution in [0.5, 0.6) is 0 Å². The number of fused-ring (bicyclic) bond motifs is 1. The van der Waals surface area contributed by atoms with Gasteiger partial charge in [0.1, 0.15) is 10.1 Å². The van der Waals surface area contributed by atoms with E-state index >= 15 is 0 Å². The number of halogens is 1. The number of aromatic nitrogens is 4. The molecule has 118 valence electrons. The molecule has 3 heterocycles. The lowest BCUT2D eigenvalue weighted by Gasteiger charge is -2.13. The predicted molar refractivity (Wildman–Crippen MR) is 83.9 cm³/mol. The second kappa shape index (κ2) is 5.80. The Morgan fingerprint density at radius 1 is 1.52 bits per heavy atom. The van der Waals surface area contributed by atoms with Crippen LogP contribution in [0.4, 0.5) is 5.82 Å². The van der Waals surface area contributed by atoms with E-state index in [0.717, 1.165) is 5.65 Å². The van der Waals surface area contributed by atoms with Crippen molar-refractivity contribution in [3.05, 3.63) is 56.6 Å². The predicted octanol–water partition coefficient (Wildman–Crippen LogP) is 2.00. The summed E-state index contributed by atoms with van der Waals surface area (Å²) in [5, 5.41) is 16.7. The fourth-order valence-corrected chi connectivity index (χ4v) is 2.63. The lowest BCUT2D eigenvalue weighted by molar-refractivity contribution is -0.390. The zero-order valence-corrected chi connectivity index (χ0v) is 13.5. The molecule has 9 nitrogen and oxygen atoms in total. The molecule has 0 aliphatic heterocycles. The molecule has 0 aromatic carbocycles. The third kappa shape index (κ3) is 2.80. The topological polar surface area (TPSA) is 109 Å². The van der Waals surface area contributed by atoms with Gasteiger partial charge in [0, 0.05) is 19.4 Å². The van der Waals surface area contributed by atoms with E-state index in [2.05, 4.69) is 31.1 Å². The maximum Gasteiger partial charge on any atom is 0.357 e. The van der Waals surface area contributed by atoms with Gasteiger partial charge in [-0.1, -0.05) is 11.2 Å². The molecule has 0 radical (unpaired) electrons. The van der Waals surface area contributed by atoms with Crippen LogP contribution in [0.15, 0.2) is 35.1 Å². The molecule has 0 saturated heterocycles. The molecule has 0 atom stereocenters. The minimum absolute atomic E-state index is 0.0364. The number of hydrogen-bond donors (Lipinski definition) is 1. The van der Waals surface area contributed by atoms with Gasteiger partial charge < -0.3 is 19.4 Å². The molecular weight excluding hydrogens is 368 g/mol. The molecule has 0 aliphatic rings. The third-order valence-electron chi connectivity index (χ3n) is 3.23. The van der Waals surface area contributed by atoms with Crippen molar-refractivity contribution in [1.82, 2.24) is 24.5 Å². The number of amides is 1. The molecule has 3 aromatic rings. The fraction of sp³-hybridized carbons (Fsp3) is 0.154. The second-order valence-electron chi connectivity index (χ2n) is 4.85. The zero-order valence-electron chi connectivity index (χ0n) is 11.9. The maximum atomic E-state index is 12.4. The van der Waals surface area contributed by atoms with Crippen molar-refractivity contribution in [2.24, 2.45) is 0 Å². The van der Waals surface area contributed by atoms with Crippen LogP contribution in [-0.4, -0.2) is 42.4 Å². The highest BCUT2D eigenvalue weighted by atomic mass is 79.9. The van der Waals surface area contributed by atoms with Gasteiger partial charge in [-0.25, -0.2) is 4.98 Å². The van der Waals surface area contributed by atoms with Gasteiger partial charge in [-0.15, -0.1) is 5.10 Å². The lowest BCUT2D eigenvalue weighted by Crippen LogP contribution is -2.27. The quantitative estimate of drug-likeness (QED) is 0.551. The smallest absolute Gasteiger partial charge is 0.357 e. The maximum absolute atomic E-state index is 12.4. The minimum Gasteiger partial charge on any atom is -0.358 e. The van der Waals surface area contributed by atoms with Crippen molar-refractivity contribution in [3.63, 3.8) is 0 Å². The molecule has 1 amide bonds. The zero-order chi connectivity index (χ0) is 16.6. The summed E-state index contributed by atoms with van der Waals surface area (Å²) < 4.78 is 1.89. The number of nitrogens with one attached hydrogen (secondary N) is 1. The van der Waals surface area contributed by atoms with Crippen LogP contribution in [0.1, 0.15) is 16.2 Å². The van der Waals surface area contributed by atoms with Crippen LogP contribution in [0.3, 0.4) is 0 Å². The van der Waals surface area contributed by atoms with E-state index in [-0.39, 0.29) is 22.5 Å². The SMILES string of the molecule is CN(Cc1cn2ccccc2n1)C(=O)c1n[nH]c([N+](=O)[O-])c1Br. The molecular formula is C13H11BrN6O3. The highest BCUT2D eigenvalue weighted by Crippen LogP contribution is 2.26. The first-order chi connectivity index (χ1) is 11.0. The Hall–Kier alpha value is -2.75. The number of hydrogen-bond acceptors (Lipinski definition) is 5. The Balaban J connectivity index is 1.81. The van der Waals surface area contributed by atoms with E-state index in [0.29, 0.717) is 5.69 Å². The standard InChI is InChI=1S/C13H11BrN6O3/c1-18(6-8-7-19-5-3-2-4-9(19)15-8)13(21)11-10(14)12(17-16-11)20(22)23/h2-5,7H,6H2,1H3,(H,16,17). The van der Waals surface area contributed by atoms with Crippen molar-refractivity contribution in [2.45, 2.75) is 6.54 Å². The Kier molecular flexibility index (Phi) is 3.82. The van der Waals surface area contributed by atoms with Gasteiger partial charge in [0.15, 0.2) is 5.69 Å². The highest BCUT2D eigenvalue weighted by molar-refractivity contribution is 9.10. The molecule has 0 bridgehead atoms. The lowest BCUT2D eigenvalue weighted by atomic mass is 10.3. The van der Waals surface area contributed by atoms with Gasteiger partial charge in [-0.2, -0.15) is 0 Å². The van der Waals surface area contributed by atoms with E-state index < -0.39 is 10.8 Å². The summed E-state index contributed by atoms with van der Waals surface area (Å²) in [5.41, 5.74) is 1.44. The molecule has 0 spiro atoms. The van der Waals surface area contributed by atoms with Crippen molar-refractivity contribution in [2.75, 3.05) is 7.05 Å². The monoisotopic (exact) mass is 378 g/mol. The van der Waals surface area contributed by atoms with Gasteiger partial charge in [-0.05, 0) is 33.0 Å². The van der Waals surface area contributed by atoms with E-state index in [1.165, 1.54) is 4.90 Å². The summed E-state index contributed by atoms with van der Waals surface area (Å²) in [5.74, 6) is -0.798.